The van der Waals surface area contributed by atoms with Crippen LogP contribution in [0.15, 0.2) is 30.3 Å². The fourth-order valence-electron chi connectivity index (χ4n) is 2.84. The van der Waals surface area contributed by atoms with Gasteiger partial charge in [0.05, 0.1) is 6.04 Å². The summed E-state index contributed by atoms with van der Waals surface area (Å²) in [6.07, 6.45) is 4.14. The summed E-state index contributed by atoms with van der Waals surface area (Å²) in [6, 6.07) is 9.47. The van der Waals surface area contributed by atoms with Gasteiger partial charge in [0, 0.05) is 6.54 Å². The maximum atomic E-state index is 12.0. The van der Waals surface area contributed by atoms with Crippen LogP contribution in [0.3, 0.4) is 0 Å². The van der Waals surface area contributed by atoms with Crippen molar-refractivity contribution in [3.63, 3.8) is 0 Å². The largest absolute Gasteiger partial charge is 0.355 e. The van der Waals surface area contributed by atoms with Crippen molar-refractivity contribution in [2.24, 2.45) is 11.7 Å². The molecule has 1 aliphatic heterocycles. The summed E-state index contributed by atoms with van der Waals surface area (Å²) in [4.78, 5) is 14.4. The Bertz CT molecular complexity index is 437. The maximum Gasteiger partial charge on any atom is 0.237 e. The van der Waals surface area contributed by atoms with Crippen LogP contribution in [0.2, 0.25) is 0 Å². The molecule has 0 bridgehead atoms. The molecular weight excluding hydrogens is 333 g/mol. The molecule has 0 unspecified atom stereocenters. The highest BCUT2D eigenvalue weighted by Crippen LogP contribution is 2.18. The lowest BCUT2D eigenvalue weighted by Crippen LogP contribution is -2.43. The monoisotopic (exact) mass is 361 g/mol. The Morgan fingerprint density at radius 2 is 1.87 bits per heavy atom. The molecule has 1 aromatic carbocycles. The lowest BCUT2D eigenvalue weighted by atomic mass is 9.94. The van der Waals surface area contributed by atoms with Gasteiger partial charge in [-0.05, 0) is 57.3 Å². The zero-order valence-corrected chi connectivity index (χ0v) is 15.4. The predicted octanol–water partition coefficient (Wildman–Crippen LogP) is 2.25. The smallest absolute Gasteiger partial charge is 0.237 e. The second-order valence-corrected chi connectivity index (χ2v) is 6.12. The number of benzene rings is 1. The Balaban J connectivity index is 0.00000242. The molecule has 4 nitrogen and oxygen atoms in total. The number of amides is 1. The van der Waals surface area contributed by atoms with Crippen molar-refractivity contribution in [3.8, 4) is 0 Å². The predicted molar refractivity (Wildman–Crippen MR) is 100 cm³/mol. The lowest BCUT2D eigenvalue weighted by Gasteiger charge is -2.29. The molecule has 1 fully saturated rings. The highest BCUT2D eigenvalue weighted by Gasteiger charge is 2.18. The molecule has 0 radical (unpaired) electrons. The third kappa shape index (κ3) is 8.02. The minimum Gasteiger partial charge on any atom is -0.355 e. The molecule has 1 aliphatic rings. The van der Waals surface area contributed by atoms with Crippen LogP contribution in [-0.2, 0) is 11.2 Å². The highest BCUT2D eigenvalue weighted by molar-refractivity contribution is 5.85. The topological polar surface area (TPSA) is 58.4 Å². The van der Waals surface area contributed by atoms with E-state index in [4.69, 9.17) is 5.73 Å². The van der Waals surface area contributed by atoms with E-state index >= 15 is 0 Å². The number of hydrogen-bond donors (Lipinski definition) is 2. The van der Waals surface area contributed by atoms with E-state index in [9.17, 15) is 4.79 Å². The summed E-state index contributed by atoms with van der Waals surface area (Å²) < 4.78 is 0. The molecule has 0 spiro atoms. The number of carbonyl (C=O) groups excluding carboxylic acids is 1. The molecule has 1 saturated heterocycles. The van der Waals surface area contributed by atoms with Crippen molar-refractivity contribution in [1.29, 1.82) is 0 Å². The Hall–Kier alpha value is -0.810. The molecule has 1 atom stereocenters. The Kier molecular flexibility index (Phi) is 11.3. The zero-order valence-electron chi connectivity index (χ0n) is 13.7. The number of carbonyl (C=O) groups is 1. The summed E-state index contributed by atoms with van der Waals surface area (Å²) in [5.74, 6) is 0.707. The first kappa shape index (κ1) is 22.2. The molecule has 0 aromatic heterocycles. The minimum absolute atomic E-state index is 0. The summed E-state index contributed by atoms with van der Waals surface area (Å²) >= 11 is 0. The first-order chi connectivity index (χ1) is 10.1. The lowest BCUT2D eigenvalue weighted by molar-refractivity contribution is -0.122. The van der Waals surface area contributed by atoms with Gasteiger partial charge in [0.15, 0.2) is 0 Å². The quantitative estimate of drug-likeness (QED) is 0.816. The van der Waals surface area contributed by atoms with Gasteiger partial charge in [-0.25, -0.2) is 0 Å². The van der Waals surface area contributed by atoms with Gasteiger partial charge in [-0.15, -0.1) is 24.8 Å². The van der Waals surface area contributed by atoms with Gasteiger partial charge in [0.25, 0.3) is 0 Å². The fraction of sp³-hybridized carbons (Fsp3) is 0.588. The van der Waals surface area contributed by atoms with Crippen LogP contribution in [-0.4, -0.2) is 43.5 Å². The van der Waals surface area contributed by atoms with Gasteiger partial charge < -0.3 is 16.0 Å². The van der Waals surface area contributed by atoms with Gasteiger partial charge in [-0.2, -0.15) is 0 Å². The van der Waals surface area contributed by atoms with Gasteiger partial charge in [-0.1, -0.05) is 30.3 Å². The van der Waals surface area contributed by atoms with E-state index in [0.717, 1.165) is 24.4 Å². The van der Waals surface area contributed by atoms with Crippen LogP contribution >= 0.6 is 24.8 Å². The Labute approximate surface area is 152 Å². The third-order valence-corrected chi connectivity index (χ3v) is 4.33. The van der Waals surface area contributed by atoms with E-state index < -0.39 is 6.04 Å². The van der Waals surface area contributed by atoms with Gasteiger partial charge in [-0.3, -0.25) is 4.79 Å². The Morgan fingerprint density at radius 3 is 2.48 bits per heavy atom. The van der Waals surface area contributed by atoms with Crippen molar-refractivity contribution in [1.82, 2.24) is 10.2 Å². The van der Waals surface area contributed by atoms with E-state index in [1.54, 1.807) is 0 Å². The zero-order chi connectivity index (χ0) is 15.1. The summed E-state index contributed by atoms with van der Waals surface area (Å²) in [7, 11) is 2.17. The van der Waals surface area contributed by atoms with E-state index in [1.165, 1.54) is 25.9 Å². The van der Waals surface area contributed by atoms with Crippen LogP contribution in [0.4, 0.5) is 0 Å². The Morgan fingerprint density at radius 1 is 1.26 bits per heavy atom. The normalized spacial score (nSPS) is 16.8. The number of hydrogen-bond acceptors (Lipinski definition) is 3. The molecule has 0 saturated carbocycles. The van der Waals surface area contributed by atoms with Crippen LogP contribution in [0.1, 0.15) is 24.8 Å². The molecule has 6 heteroatoms. The highest BCUT2D eigenvalue weighted by atomic mass is 35.5. The van der Waals surface area contributed by atoms with E-state index in [2.05, 4.69) is 17.3 Å². The number of nitrogens with zero attached hydrogens (tertiary/aromatic N) is 1. The van der Waals surface area contributed by atoms with Gasteiger partial charge >= 0.3 is 0 Å². The standard InChI is InChI=1S/C17H27N3O.2ClH/c1-20-11-8-14(9-12-20)7-10-19-17(21)16(18)13-15-5-3-2-4-6-15;;/h2-6,14,16H,7-13,18H2,1H3,(H,19,21);2*1H/t16-;;/m0../s1. The molecule has 23 heavy (non-hydrogen) atoms. The molecule has 132 valence electrons. The molecule has 1 heterocycles. The number of nitrogens with two attached hydrogens (primary N) is 1. The summed E-state index contributed by atoms with van der Waals surface area (Å²) in [6.45, 7) is 3.09. The van der Waals surface area contributed by atoms with Crippen molar-refractivity contribution in [2.75, 3.05) is 26.7 Å². The molecular formula is C17H29Cl2N3O. The molecule has 1 amide bonds. The third-order valence-electron chi connectivity index (χ3n) is 4.33. The average Bonchev–Trinajstić information content (AvgIpc) is 2.50. The fourth-order valence-corrected chi connectivity index (χ4v) is 2.84. The van der Waals surface area contributed by atoms with Crippen molar-refractivity contribution >= 4 is 30.7 Å². The SMILES string of the molecule is CN1CCC(CCNC(=O)[C@@H](N)Cc2ccccc2)CC1.Cl.Cl. The van der Waals surface area contributed by atoms with Gasteiger partial charge in [0.1, 0.15) is 0 Å². The summed E-state index contributed by atoms with van der Waals surface area (Å²) in [5.41, 5.74) is 7.07. The number of likely N-dealkylation sites (tertiary alicyclic amines) is 1. The average molecular weight is 362 g/mol. The molecule has 1 aromatic rings. The first-order valence-corrected chi connectivity index (χ1v) is 7.91. The van der Waals surface area contributed by atoms with Crippen molar-refractivity contribution in [3.05, 3.63) is 35.9 Å². The second kappa shape index (κ2) is 11.7. The first-order valence-electron chi connectivity index (χ1n) is 7.91. The van der Waals surface area contributed by atoms with Gasteiger partial charge in [0.2, 0.25) is 5.91 Å². The van der Waals surface area contributed by atoms with Crippen LogP contribution in [0, 0.1) is 5.92 Å². The molecule has 0 aliphatic carbocycles. The van der Waals surface area contributed by atoms with Crippen LogP contribution < -0.4 is 11.1 Å². The van der Waals surface area contributed by atoms with Crippen molar-refractivity contribution in [2.45, 2.75) is 31.7 Å². The summed E-state index contributed by atoms with van der Waals surface area (Å²) in [5, 5.41) is 2.98. The number of rotatable bonds is 6. The van der Waals surface area contributed by atoms with E-state index in [0.29, 0.717) is 6.42 Å². The number of piperidine rings is 1. The van der Waals surface area contributed by atoms with E-state index in [1.807, 2.05) is 30.3 Å². The van der Waals surface area contributed by atoms with Crippen molar-refractivity contribution < 1.29 is 4.79 Å². The maximum absolute atomic E-state index is 12.0. The molecule has 3 N–H and O–H groups in total. The molecule has 2 rings (SSSR count). The number of halogens is 2. The second-order valence-electron chi connectivity index (χ2n) is 6.12. The minimum atomic E-state index is -0.454. The van der Waals surface area contributed by atoms with Crippen LogP contribution in [0.25, 0.3) is 0 Å². The van der Waals surface area contributed by atoms with E-state index in [-0.39, 0.29) is 30.7 Å². The number of nitrogens with one attached hydrogen (secondary N) is 1. The van der Waals surface area contributed by atoms with Crippen LogP contribution in [0.5, 0.6) is 0 Å².